The molecule has 2 saturated heterocycles. The molecule has 114 valence electrons. The Morgan fingerprint density at radius 3 is 2.76 bits per heavy atom. The van der Waals surface area contributed by atoms with Gasteiger partial charge in [0.25, 0.3) is 5.91 Å². The van der Waals surface area contributed by atoms with Crippen molar-refractivity contribution >= 4 is 21.6 Å². The second-order valence-electron chi connectivity index (χ2n) is 5.64. The number of sulfone groups is 1. The first-order valence-corrected chi connectivity index (χ1v) is 9.08. The predicted octanol–water partition coefficient (Wildman–Crippen LogP) is 0.599. The Balaban J connectivity index is 1.75. The molecule has 0 aromatic carbocycles. The van der Waals surface area contributed by atoms with Crippen LogP contribution < -0.4 is 10.2 Å². The molecule has 1 aromatic rings. The van der Waals surface area contributed by atoms with Crippen LogP contribution in [0.4, 0.5) is 5.82 Å². The van der Waals surface area contributed by atoms with E-state index in [1.54, 1.807) is 18.3 Å². The molecule has 7 heteroatoms. The lowest BCUT2D eigenvalue weighted by molar-refractivity contribution is 0.0941. The lowest BCUT2D eigenvalue weighted by Gasteiger charge is -2.20. The fourth-order valence-corrected chi connectivity index (χ4v) is 4.60. The summed E-state index contributed by atoms with van der Waals surface area (Å²) in [4.78, 5) is 18.9. The van der Waals surface area contributed by atoms with Crippen LogP contribution in [0.25, 0.3) is 0 Å². The van der Waals surface area contributed by atoms with Crippen molar-refractivity contribution in [1.29, 1.82) is 0 Å². The molecule has 0 saturated carbocycles. The number of anilines is 1. The topological polar surface area (TPSA) is 79.4 Å². The summed E-state index contributed by atoms with van der Waals surface area (Å²) < 4.78 is 22.9. The lowest BCUT2D eigenvalue weighted by Crippen LogP contribution is -2.36. The van der Waals surface area contributed by atoms with Gasteiger partial charge in [-0.15, -0.1) is 0 Å². The van der Waals surface area contributed by atoms with E-state index >= 15 is 0 Å². The lowest BCUT2D eigenvalue weighted by atomic mass is 10.2. The summed E-state index contributed by atoms with van der Waals surface area (Å²) >= 11 is 0. The first kappa shape index (κ1) is 14.3. The Morgan fingerprint density at radius 1 is 1.33 bits per heavy atom. The van der Waals surface area contributed by atoms with Crippen molar-refractivity contribution in [2.75, 3.05) is 29.5 Å². The van der Waals surface area contributed by atoms with E-state index in [1.807, 2.05) is 0 Å². The van der Waals surface area contributed by atoms with Crippen LogP contribution in [0.3, 0.4) is 0 Å². The van der Waals surface area contributed by atoms with Gasteiger partial charge in [-0.2, -0.15) is 0 Å². The van der Waals surface area contributed by atoms with Gasteiger partial charge in [0.1, 0.15) is 5.82 Å². The highest BCUT2D eigenvalue weighted by Crippen LogP contribution is 2.22. The molecule has 2 fully saturated rings. The number of nitrogens with one attached hydrogen (secondary N) is 1. The fourth-order valence-electron chi connectivity index (χ4n) is 2.93. The fraction of sp³-hybridized carbons (Fsp3) is 0.571. The van der Waals surface area contributed by atoms with Gasteiger partial charge in [-0.3, -0.25) is 4.79 Å². The van der Waals surface area contributed by atoms with Gasteiger partial charge in [0.15, 0.2) is 9.84 Å². The van der Waals surface area contributed by atoms with Gasteiger partial charge in [0.05, 0.1) is 17.1 Å². The molecule has 21 heavy (non-hydrogen) atoms. The first-order valence-electron chi connectivity index (χ1n) is 7.26. The smallest absolute Gasteiger partial charge is 0.255 e. The van der Waals surface area contributed by atoms with Gasteiger partial charge in [0, 0.05) is 25.3 Å². The zero-order valence-electron chi connectivity index (χ0n) is 11.8. The predicted molar refractivity (Wildman–Crippen MR) is 80.2 cm³/mol. The van der Waals surface area contributed by atoms with Crippen LogP contribution in [-0.4, -0.2) is 49.9 Å². The molecule has 0 spiro atoms. The van der Waals surface area contributed by atoms with Gasteiger partial charge in [0.2, 0.25) is 0 Å². The third-order valence-corrected chi connectivity index (χ3v) is 5.77. The average molecular weight is 309 g/mol. The van der Waals surface area contributed by atoms with Crippen molar-refractivity contribution in [1.82, 2.24) is 10.3 Å². The second kappa shape index (κ2) is 5.63. The molecule has 1 atom stereocenters. The molecule has 2 aliphatic heterocycles. The van der Waals surface area contributed by atoms with E-state index < -0.39 is 9.84 Å². The molecule has 3 heterocycles. The number of hydrogen-bond donors (Lipinski definition) is 1. The molecule has 1 aromatic heterocycles. The highest BCUT2D eigenvalue weighted by molar-refractivity contribution is 7.91. The Hall–Kier alpha value is -1.63. The standard InChI is InChI=1S/C14H19N3O3S/c18-14(16-11-5-9-21(19,20)10-11)12-4-3-6-15-13(12)17-7-1-2-8-17/h3-4,6,11H,1-2,5,7-10H2,(H,16,18)/t11-/m1/s1. The summed E-state index contributed by atoms with van der Waals surface area (Å²) in [5.74, 6) is 0.669. The zero-order chi connectivity index (χ0) is 14.9. The average Bonchev–Trinajstić information content (AvgIpc) is 3.08. The van der Waals surface area contributed by atoms with Crippen molar-refractivity contribution in [3.05, 3.63) is 23.9 Å². The monoisotopic (exact) mass is 309 g/mol. The van der Waals surface area contributed by atoms with Crippen LogP contribution in [-0.2, 0) is 9.84 Å². The van der Waals surface area contributed by atoms with Gasteiger partial charge < -0.3 is 10.2 Å². The number of nitrogens with zero attached hydrogens (tertiary/aromatic N) is 2. The highest BCUT2D eigenvalue weighted by Gasteiger charge is 2.30. The van der Waals surface area contributed by atoms with Crippen LogP contribution in [0.5, 0.6) is 0 Å². The largest absolute Gasteiger partial charge is 0.356 e. The molecule has 0 bridgehead atoms. The quantitative estimate of drug-likeness (QED) is 0.884. The highest BCUT2D eigenvalue weighted by atomic mass is 32.2. The molecular formula is C14H19N3O3S. The Kier molecular flexibility index (Phi) is 3.84. The summed E-state index contributed by atoms with van der Waals surface area (Å²) in [5, 5.41) is 2.83. The Bertz CT molecular complexity index is 639. The van der Waals surface area contributed by atoms with E-state index in [2.05, 4.69) is 15.2 Å². The van der Waals surface area contributed by atoms with Crippen molar-refractivity contribution in [2.45, 2.75) is 25.3 Å². The SMILES string of the molecule is O=C(N[C@@H]1CCS(=O)(=O)C1)c1cccnc1N1CCCC1. The molecule has 0 unspecified atom stereocenters. The minimum absolute atomic E-state index is 0.0397. The maximum atomic E-state index is 12.4. The van der Waals surface area contributed by atoms with Crippen LogP contribution in [0.1, 0.15) is 29.6 Å². The number of pyridine rings is 1. The van der Waals surface area contributed by atoms with E-state index in [4.69, 9.17) is 0 Å². The van der Waals surface area contributed by atoms with E-state index in [1.165, 1.54) is 0 Å². The van der Waals surface area contributed by atoms with Crippen molar-refractivity contribution in [3.8, 4) is 0 Å². The normalized spacial score (nSPS) is 24.2. The number of rotatable bonds is 3. The first-order chi connectivity index (χ1) is 10.1. The number of carbonyl (C=O) groups excluding carboxylic acids is 1. The summed E-state index contributed by atoms with van der Waals surface area (Å²) in [6, 6.07) is 3.20. The van der Waals surface area contributed by atoms with E-state index in [9.17, 15) is 13.2 Å². The maximum Gasteiger partial charge on any atom is 0.255 e. The van der Waals surface area contributed by atoms with Gasteiger partial charge >= 0.3 is 0 Å². The van der Waals surface area contributed by atoms with Gasteiger partial charge in [-0.25, -0.2) is 13.4 Å². The van der Waals surface area contributed by atoms with Crippen LogP contribution >= 0.6 is 0 Å². The number of carbonyl (C=O) groups is 1. The second-order valence-corrected chi connectivity index (χ2v) is 7.87. The number of aromatic nitrogens is 1. The van der Waals surface area contributed by atoms with E-state index in [-0.39, 0.29) is 23.5 Å². The van der Waals surface area contributed by atoms with Crippen LogP contribution in [0, 0.1) is 0 Å². The van der Waals surface area contributed by atoms with Crippen molar-refractivity contribution < 1.29 is 13.2 Å². The molecule has 3 rings (SSSR count). The van der Waals surface area contributed by atoms with Crippen molar-refractivity contribution in [2.24, 2.45) is 0 Å². The molecule has 6 nitrogen and oxygen atoms in total. The Morgan fingerprint density at radius 2 is 2.10 bits per heavy atom. The minimum atomic E-state index is -2.99. The van der Waals surface area contributed by atoms with Crippen molar-refractivity contribution in [3.63, 3.8) is 0 Å². The maximum absolute atomic E-state index is 12.4. The van der Waals surface area contributed by atoms with Gasteiger partial charge in [-0.1, -0.05) is 0 Å². The summed E-state index contributed by atoms with van der Waals surface area (Å²) in [5.41, 5.74) is 0.531. The summed E-state index contributed by atoms with van der Waals surface area (Å²) in [7, 11) is -2.99. The third kappa shape index (κ3) is 3.18. The molecule has 1 amide bonds. The number of amides is 1. The van der Waals surface area contributed by atoms with Gasteiger partial charge in [-0.05, 0) is 31.4 Å². The third-order valence-electron chi connectivity index (χ3n) is 4.00. The molecule has 1 N–H and O–H groups in total. The van der Waals surface area contributed by atoms with Crippen LogP contribution in [0.2, 0.25) is 0 Å². The Labute approximate surface area is 124 Å². The summed E-state index contributed by atoms with van der Waals surface area (Å²) in [6.45, 7) is 1.82. The minimum Gasteiger partial charge on any atom is -0.356 e. The van der Waals surface area contributed by atoms with E-state index in [0.717, 1.165) is 25.9 Å². The van der Waals surface area contributed by atoms with E-state index in [0.29, 0.717) is 17.8 Å². The number of hydrogen-bond acceptors (Lipinski definition) is 5. The molecule has 2 aliphatic rings. The molecular weight excluding hydrogens is 290 g/mol. The van der Waals surface area contributed by atoms with Crippen LogP contribution in [0.15, 0.2) is 18.3 Å². The molecule has 0 radical (unpaired) electrons. The summed E-state index contributed by atoms with van der Waals surface area (Å²) in [6.07, 6.45) is 4.40. The zero-order valence-corrected chi connectivity index (χ0v) is 12.6. The molecule has 0 aliphatic carbocycles.